The smallest absolute Gasteiger partial charge is 0.306 e. The normalized spacial score (nSPS) is 27.4. The van der Waals surface area contributed by atoms with Crippen LogP contribution in [0.1, 0.15) is 64.2 Å². The first-order valence-corrected chi connectivity index (χ1v) is 8.16. The van der Waals surface area contributed by atoms with Gasteiger partial charge in [0.25, 0.3) is 0 Å². The number of hydrogen-bond donors (Lipinski definition) is 2. The molecule has 2 N–H and O–H groups in total. The number of nitrogens with one attached hydrogen (secondary N) is 1. The standard InChI is InChI=1S/C16H27NO3/c18-15(10-9-12-5-1-2-6-12)17-11-13-7-3-4-8-14(13)16(19)20/h12-14H,1-11H2,(H,17,18)(H,19,20). The number of carboxylic acid groups (broad SMARTS) is 1. The van der Waals surface area contributed by atoms with Gasteiger partial charge in [-0.15, -0.1) is 0 Å². The first-order chi connectivity index (χ1) is 9.66. The molecule has 2 aliphatic rings. The third-order valence-electron chi connectivity index (χ3n) is 5.04. The molecule has 0 aromatic heterocycles. The molecule has 0 heterocycles. The molecule has 2 saturated carbocycles. The van der Waals surface area contributed by atoms with E-state index in [0.29, 0.717) is 13.0 Å². The van der Waals surface area contributed by atoms with Crippen LogP contribution in [0.15, 0.2) is 0 Å². The lowest BCUT2D eigenvalue weighted by molar-refractivity contribution is -0.145. The summed E-state index contributed by atoms with van der Waals surface area (Å²) in [5, 5.41) is 12.2. The molecule has 0 radical (unpaired) electrons. The summed E-state index contributed by atoms with van der Waals surface area (Å²) in [6.07, 6.45) is 10.6. The number of rotatable bonds is 6. The van der Waals surface area contributed by atoms with E-state index in [0.717, 1.165) is 38.0 Å². The molecular weight excluding hydrogens is 254 g/mol. The van der Waals surface area contributed by atoms with Crippen LogP contribution < -0.4 is 5.32 Å². The summed E-state index contributed by atoms with van der Waals surface area (Å²) in [4.78, 5) is 23.1. The van der Waals surface area contributed by atoms with Crippen LogP contribution in [0, 0.1) is 17.8 Å². The molecule has 0 saturated heterocycles. The molecule has 2 unspecified atom stereocenters. The van der Waals surface area contributed by atoms with Gasteiger partial charge >= 0.3 is 5.97 Å². The number of aliphatic carboxylic acids is 1. The molecule has 2 fully saturated rings. The molecule has 0 aromatic rings. The molecule has 1 amide bonds. The van der Waals surface area contributed by atoms with Crippen molar-refractivity contribution in [1.29, 1.82) is 0 Å². The molecule has 0 aromatic carbocycles. The Labute approximate surface area is 121 Å². The predicted molar refractivity (Wildman–Crippen MR) is 77.3 cm³/mol. The summed E-state index contributed by atoms with van der Waals surface area (Å²) < 4.78 is 0. The fourth-order valence-electron chi connectivity index (χ4n) is 3.74. The minimum atomic E-state index is -0.699. The van der Waals surface area contributed by atoms with E-state index in [-0.39, 0.29) is 17.7 Å². The molecule has 0 aliphatic heterocycles. The number of amides is 1. The third-order valence-corrected chi connectivity index (χ3v) is 5.04. The van der Waals surface area contributed by atoms with Crippen LogP contribution in [0.3, 0.4) is 0 Å². The van der Waals surface area contributed by atoms with Gasteiger partial charge in [-0.2, -0.15) is 0 Å². The molecule has 2 rings (SSSR count). The minimum Gasteiger partial charge on any atom is -0.481 e. The van der Waals surface area contributed by atoms with E-state index in [2.05, 4.69) is 5.32 Å². The van der Waals surface area contributed by atoms with E-state index < -0.39 is 5.97 Å². The maximum absolute atomic E-state index is 11.9. The van der Waals surface area contributed by atoms with Crippen LogP contribution in [-0.2, 0) is 9.59 Å². The van der Waals surface area contributed by atoms with Crippen molar-refractivity contribution < 1.29 is 14.7 Å². The van der Waals surface area contributed by atoms with Crippen LogP contribution >= 0.6 is 0 Å². The Bertz CT molecular complexity index is 337. The average Bonchev–Trinajstić information content (AvgIpc) is 2.96. The van der Waals surface area contributed by atoms with Crippen LogP contribution in [0.5, 0.6) is 0 Å². The van der Waals surface area contributed by atoms with Crippen molar-refractivity contribution in [3.05, 3.63) is 0 Å². The average molecular weight is 281 g/mol. The fraction of sp³-hybridized carbons (Fsp3) is 0.875. The molecule has 4 nitrogen and oxygen atoms in total. The number of carbonyl (C=O) groups excluding carboxylic acids is 1. The van der Waals surface area contributed by atoms with Gasteiger partial charge in [0.2, 0.25) is 5.91 Å². The summed E-state index contributed by atoms with van der Waals surface area (Å²) >= 11 is 0. The Morgan fingerprint density at radius 3 is 2.35 bits per heavy atom. The van der Waals surface area contributed by atoms with Gasteiger partial charge in [0.15, 0.2) is 0 Å². The molecule has 2 aliphatic carbocycles. The van der Waals surface area contributed by atoms with Crippen molar-refractivity contribution in [1.82, 2.24) is 5.32 Å². The van der Waals surface area contributed by atoms with Crippen molar-refractivity contribution >= 4 is 11.9 Å². The van der Waals surface area contributed by atoms with Crippen molar-refractivity contribution in [3.8, 4) is 0 Å². The van der Waals surface area contributed by atoms with Gasteiger partial charge in [-0.3, -0.25) is 9.59 Å². The number of hydrogen-bond acceptors (Lipinski definition) is 2. The first kappa shape index (κ1) is 15.3. The zero-order chi connectivity index (χ0) is 14.4. The second-order valence-corrected chi connectivity index (χ2v) is 6.48. The topological polar surface area (TPSA) is 66.4 Å². The highest BCUT2D eigenvalue weighted by atomic mass is 16.4. The largest absolute Gasteiger partial charge is 0.481 e. The van der Waals surface area contributed by atoms with Gasteiger partial charge in [0.1, 0.15) is 0 Å². The monoisotopic (exact) mass is 281 g/mol. The maximum Gasteiger partial charge on any atom is 0.306 e. The maximum atomic E-state index is 11.9. The van der Waals surface area contributed by atoms with Crippen molar-refractivity contribution in [2.75, 3.05) is 6.54 Å². The van der Waals surface area contributed by atoms with Gasteiger partial charge in [-0.05, 0) is 31.1 Å². The van der Waals surface area contributed by atoms with Crippen LogP contribution in [0.4, 0.5) is 0 Å². The predicted octanol–water partition coefficient (Wildman–Crippen LogP) is 2.96. The minimum absolute atomic E-state index is 0.103. The quantitative estimate of drug-likeness (QED) is 0.786. The second-order valence-electron chi connectivity index (χ2n) is 6.48. The summed E-state index contributed by atoms with van der Waals surface area (Å²) in [7, 11) is 0. The van der Waals surface area contributed by atoms with Crippen molar-refractivity contribution in [2.45, 2.75) is 64.2 Å². The van der Waals surface area contributed by atoms with E-state index in [1.807, 2.05) is 0 Å². The lowest BCUT2D eigenvalue weighted by Gasteiger charge is -2.28. The van der Waals surface area contributed by atoms with E-state index in [1.54, 1.807) is 0 Å². The molecule has 0 bridgehead atoms. The number of carbonyl (C=O) groups is 2. The number of carboxylic acids is 1. The highest BCUT2D eigenvalue weighted by Gasteiger charge is 2.30. The molecule has 4 heteroatoms. The van der Waals surface area contributed by atoms with Gasteiger partial charge in [0, 0.05) is 13.0 Å². The second kappa shape index (κ2) is 7.65. The lowest BCUT2D eigenvalue weighted by Crippen LogP contribution is -2.37. The van der Waals surface area contributed by atoms with Crippen LogP contribution in [0.2, 0.25) is 0 Å². The van der Waals surface area contributed by atoms with Crippen molar-refractivity contribution in [3.63, 3.8) is 0 Å². The SMILES string of the molecule is O=C(CCC1CCCC1)NCC1CCCCC1C(=O)O. The zero-order valence-corrected chi connectivity index (χ0v) is 12.3. The third kappa shape index (κ3) is 4.50. The highest BCUT2D eigenvalue weighted by Crippen LogP contribution is 2.30. The van der Waals surface area contributed by atoms with Crippen molar-refractivity contribution in [2.24, 2.45) is 17.8 Å². The molecule has 20 heavy (non-hydrogen) atoms. The fourth-order valence-corrected chi connectivity index (χ4v) is 3.74. The van der Waals surface area contributed by atoms with Gasteiger partial charge in [0.05, 0.1) is 5.92 Å². The first-order valence-electron chi connectivity index (χ1n) is 8.16. The van der Waals surface area contributed by atoms with Gasteiger partial charge in [-0.25, -0.2) is 0 Å². The summed E-state index contributed by atoms with van der Waals surface area (Å²) in [6.45, 7) is 0.542. The Morgan fingerprint density at radius 1 is 1.00 bits per heavy atom. The highest BCUT2D eigenvalue weighted by molar-refractivity contribution is 5.76. The molecule has 0 spiro atoms. The van der Waals surface area contributed by atoms with E-state index >= 15 is 0 Å². The molecule has 2 atom stereocenters. The Hall–Kier alpha value is -1.06. The summed E-state index contributed by atoms with van der Waals surface area (Å²) in [5.41, 5.74) is 0. The molecular formula is C16H27NO3. The van der Waals surface area contributed by atoms with Gasteiger partial charge < -0.3 is 10.4 Å². The van der Waals surface area contributed by atoms with E-state index in [1.165, 1.54) is 25.7 Å². The summed E-state index contributed by atoms with van der Waals surface area (Å²) in [5.74, 6) is -0.000668. The summed E-state index contributed by atoms with van der Waals surface area (Å²) in [6, 6.07) is 0. The van der Waals surface area contributed by atoms with E-state index in [9.17, 15) is 14.7 Å². The Morgan fingerprint density at radius 2 is 1.65 bits per heavy atom. The zero-order valence-electron chi connectivity index (χ0n) is 12.3. The Kier molecular flexibility index (Phi) is 5.86. The molecule has 114 valence electrons. The van der Waals surface area contributed by atoms with E-state index in [4.69, 9.17) is 0 Å². The van der Waals surface area contributed by atoms with Crippen LogP contribution in [-0.4, -0.2) is 23.5 Å². The van der Waals surface area contributed by atoms with Crippen LogP contribution in [0.25, 0.3) is 0 Å². The lowest BCUT2D eigenvalue weighted by atomic mass is 9.79. The van der Waals surface area contributed by atoms with Gasteiger partial charge in [-0.1, -0.05) is 38.5 Å². The Balaban J connectivity index is 1.67.